The van der Waals surface area contributed by atoms with Crippen LogP contribution in [0.4, 0.5) is 4.39 Å². The van der Waals surface area contributed by atoms with Crippen LogP contribution in [-0.4, -0.2) is 12.6 Å². The van der Waals surface area contributed by atoms with E-state index in [1.54, 1.807) is 6.07 Å². The first-order valence-electron chi connectivity index (χ1n) is 7.08. The van der Waals surface area contributed by atoms with Gasteiger partial charge in [-0.2, -0.15) is 0 Å². The van der Waals surface area contributed by atoms with Crippen molar-refractivity contribution < 1.29 is 4.39 Å². The van der Waals surface area contributed by atoms with Crippen LogP contribution in [0.25, 0.3) is 0 Å². The second-order valence-electron chi connectivity index (χ2n) is 5.79. The first-order chi connectivity index (χ1) is 8.90. The highest BCUT2D eigenvalue weighted by Gasteiger charge is 2.27. The van der Waals surface area contributed by atoms with Crippen molar-refractivity contribution in [3.05, 3.63) is 34.1 Å². The van der Waals surface area contributed by atoms with E-state index in [0.29, 0.717) is 6.04 Å². The topological polar surface area (TPSA) is 12.0 Å². The summed E-state index contributed by atoms with van der Waals surface area (Å²) in [5.74, 6) is -0.191. The van der Waals surface area contributed by atoms with Crippen molar-refractivity contribution in [2.75, 3.05) is 6.54 Å². The van der Waals surface area contributed by atoms with Crippen LogP contribution >= 0.6 is 15.9 Å². The van der Waals surface area contributed by atoms with Gasteiger partial charge in [0.1, 0.15) is 5.82 Å². The first-order valence-corrected chi connectivity index (χ1v) is 7.87. The fourth-order valence-corrected chi connectivity index (χ4v) is 2.61. The Labute approximate surface area is 125 Å². The van der Waals surface area contributed by atoms with Gasteiger partial charge in [-0.3, -0.25) is 0 Å². The molecule has 1 aromatic carbocycles. The third-order valence-corrected chi connectivity index (χ3v) is 4.67. The molecule has 0 aromatic heterocycles. The zero-order valence-corrected chi connectivity index (χ0v) is 14.0. The highest BCUT2D eigenvalue weighted by Crippen LogP contribution is 2.29. The summed E-state index contributed by atoms with van der Waals surface area (Å²) in [5, 5.41) is 3.64. The minimum atomic E-state index is -0.191. The Morgan fingerprint density at radius 1 is 1.32 bits per heavy atom. The molecule has 0 bridgehead atoms. The molecule has 1 N–H and O–H groups in total. The Balaban J connectivity index is 2.87. The van der Waals surface area contributed by atoms with E-state index >= 15 is 0 Å². The SMILES string of the molecule is CCCNC(Cc1ccc(F)cc1Br)C(C)(C)CC. The van der Waals surface area contributed by atoms with Crippen molar-refractivity contribution >= 4 is 15.9 Å². The molecule has 1 atom stereocenters. The second-order valence-corrected chi connectivity index (χ2v) is 6.64. The normalized spacial score (nSPS) is 13.6. The molecule has 1 rings (SSSR count). The molecule has 0 spiro atoms. The summed E-state index contributed by atoms with van der Waals surface area (Å²) >= 11 is 3.46. The highest BCUT2D eigenvalue weighted by molar-refractivity contribution is 9.10. The number of nitrogens with one attached hydrogen (secondary N) is 1. The number of hydrogen-bond donors (Lipinski definition) is 1. The second kappa shape index (κ2) is 7.39. The van der Waals surface area contributed by atoms with Crippen LogP contribution in [0, 0.1) is 11.2 Å². The van der Waals surface area contributed by atoms with Gasteiger partial charge in [0.15, 0.2) is 0 Å². The maximum Gasteiger partial charge on any atom is 0.124 e. The Bertz CT molecular complexity index is 404. The van der Waals surface area contributed by atoms with Crippen LogP contribution in [0.3, 0.4) is 0 Å². The van der Waals surface area contributed by atoms with E-state index in [2.05, 4.69) is 48.9 Å². The zero-order chi connectivity index (χ0) is 14.5. The summed E-state index contributed by atoms with van der Waals surface area (Å²) in [6, 6.07) is 5.37. The number of hydrogen-bond acceptors (Lipinski definition) is 1. The quantitative estimate of drug-likeness (QED) is 0.747. The molecule has 1 nitrogen and oxygen atoms in total. The van der Waals surface area contributed by atoms with Crippen LogP contribution in [-0.2, 0) is 6.42 Å². The molecule has 108 valence electrons. The first kappa shape index (κ1) is 16.6. The number of rotatable bonds is 7. The Kier molecular flexibility index (Phi) is 6.48. The molecule has 0 aliphatic carbocycles. The average Bonchev–Trinajstić information content (AvgIpc) is 2.36. The molecule has 0 saturated heterocycles. The van der Waals surface area contributed by atoms with Gasteiger partial charge in [-0.05, 0) is 48.9 Å². The number of halogens is 2. The van der Waals surface area contributed by atoms with Crippen molar-refractivity contribution in [3.63, 3.8) is 0 Å². The molecule has 0 heterocycles. The summed E-state index contributed by atoms with van der Waals surface area (Å²) in [4.78, 5) is 0. The van der Waals surface area contributed by atoms with Gasteiger partial charge in [0.05, 0.1) is 0 Å². The van der Waals surface area contributed by atoms with Gasteiger partial charge in [0.25, 0.3) is 0 Å². The van der Waals surface area contributed by atoms with E-state index in [0.717, 1.165) is 35.8 Å². The predicted octanol–water partition coefficient (Wildman–Crippen LogP) is 4.94. The van der Waals surface area contributed by atoms with E-state index < -0.39 is 0 Å². The molecule has 0 saturated carbocycles. The molecule has 3 heteroatoms. The minimum absolute atomic E-state index is 0.191. The molecule has 0 radical (unpaired) electrons. The lowest BCUT2D eigenvalue weighted by Gasteiger charge is -2.35. The van der Waals surface area contributed by atoms with Gasteiger partial charge in [-0.1, -0.05) is 49.7 Å². The van der Waals surface area contributed by atoms with Gasteiger partial charge in [-0.25, -0.2) is 4.39 Å². The molecule has 1 aromatic rings. The van der Waals surface area contributed by atoms with Crippen molar-refractivity contribution in [1.82, 2.24) is 5.32 Å². The summed E-state index contributed by atoms with van der Waals surface area (Å²) in [5.41, 5.74) is 1.39. The van der Waals surface area contributed by atoms with E-state index in [1.807, 2.05) is 6.07 Å². The molecular weight excluding hydrogens is 305 g/mol. The van der Waals surface area contributed by atoms with E-state index in [-0.39, 0.29) is 11.2 Å². The molecule has 0 fully saturated rings. The van der Waals surface area contributed by atoms with Crippen LogP contribution < -0.4 is 5.32 Å². The summed E-state index contributed by atoms with van der Waals surface area (Å²) in [7, 11) is 0. The van der Waals surface area contributed by atoms with Crippen molar-refractivity contribution in [3.8, 4) is 0 Å². The van der Waals surface area contributed by atoms with E-state index in [9.17, 15) is 4.39 Å². The molecule has 19 heavy (non-hydrogen) atoms. The van der Waals surface area contributed by atoms with Crippen LogP contribution in [0.2, 0.25) is 0 Å². The van der Waals surface area contributed by atoms with Crippen LogP contribution in [0.15, 0.2) is 22.7 Å². The summed E-state index contributed by atoms with van der Waals surface area (Å²) in [6.45, 7) is 10.00. The number of benzene rings is 1. The highest BCUT2D eigenvalue weighted by atomic mass is 79.9. The van der Waals surface area contributed by atoms with Gasteiger partial charge in [-0.15, -0.1) is 0 Å². The van der Waals surface area contributed by atoms with Crippen LogP contribution in [0.1, 0.15) is 46.1 Å². The lowest BCUT2D eigenvalue weighted by Crippen LogP contribution is -2.43. The van der Waals surface area contributed by atoms with Gasteiger partial charge >= 0.3 is 0 Å². The van der Waals surface area contributed by atoms with Gasteiger partial charge < -0.3 is 5.32 Å². The largest absolute Gasteiger partial charge is 0.313 e. The Morgan fingerprint density at radius 3 is 2.53 bits per heavy atom. The summed E-state index contributed by atoms with van der Waals surface area (Å²) in [6.07, 6.45) is 3.16. The average molecular weight is 330 g/mol. The molecule has 0 amide bonds. The van der Waals surface area contributed by atoms with E-state index in [4.69, 9.17) is 0 Å². The van der Waals surface area contributed by atoms with Crippen molar-refractivity contribution in [1.29, 1.82) is 0 Å². The maximum absolute atomic E-state index is 13.1. The standard InChI is InChI=1S/C16H25BrFN/c1-5-9-19-15(16(3,4)6-2)10-12-7-8-13(18)11-14(12)17/h7-8,11,15,19H,5-6,9-10H2,1-4H3. The maximum atomic E-state index is 13.1. The van der Waals surface area contributed by atoms with Gasteiger partial charge in [0.2, 0.25) is 0 Å². The molecule has 0 aliphatic heterocycles. The minimum Gasteiger partial charge on any atom is -0.313 e. The monoisotopic (exact) mass is 329 g/mol. The third-order valence-electron chi connectivity index (χ3n) is 3.93. The predicted molar refractivity (Wildman–Crippen MR) is 84.0 cm³/mol. The molecule has 1 unspecified atom stereocenters. The zero-order valence-electron chi connectivity index (χ0n) is 12.4. The van der Waals surface area contributed by atoms with Gasteiger partial charge in [0, 0.05) is 10.5 Å². The lowest BCUT2D eigenvalue weighted by molar-refractivity contribution is 0.230. The smallest absolute Gasteiger partial charge is 0.124 e. The third kappa shape index (κ3) is 4.88. The fraction of sp³-hybridized carbons (Fsp3) is 0.625. The Hall–Kier alpha value is -0.410. The fourth-order valence-electron chi connectivity index (χ4n) is 2.10. The lowest BCUT2D eigenvalue weighted by atomic mass is 9.79. The molecular formula is C16H25BrFN. The van der Waals surface area contributed by atoms with Crippen molar-refractivity contribution in [2.24, 2.45) is 5.41 Å². The summed E-state index contributed by atoms with van der Waals surface area (Å²) < 4.78 is 14.0. The van der Waals surface area contributed by atoms with Crippen molar-refractivity contribution in [2.45, 2.75) is 53.0 Å². The molecule has 0 aliphatic rings. The van der Waals surface area contributed by atoms with Crippen LogP contribution in [0.5, 0.6) is 0 Å². The Morgan fingerprint density at radius 2 is 2.00 bits per heavy atom. The van der Waals surface area contributed by atoms with E-state index in [1.165, 1.54) is 6.07 Å².